The number of rotatable bonds is 5. The minimum absolute atomic E-state index is 0.0244. The Morgan fingerprint density at radius 1 is 1.33 bits per heavy atom. The number of carboxylic acids is 1. The fourth-order valence-corrected chi connectivity index (χ4v) is 3.23. The van der Waals surface area contributed by atoms with Crippen molar-refractivity contribution in [1.82, 2.24) is 9.88 Å². The molecule has 1 saturated carbocycles. The molecule has 5 nitrogen and oxygen atoms in total. The number of hydrogen-bond acceptors (Lipinski definition) is 3. The molecule has 1 amide bonds. The Balaban J connectivity index is 1.61. The van der Waals surface area contributed by atoms with Gasteiger partial charge in [0, 0.05) is 17.1 Å². The van der Waals surface area contributed by atoms with E-state index >= 15 is 0 Å². The van der Waals surface area contributed by atoms with Gasteiger partial charge in [-0.3, -0.25) is 9.59 Å². The highest BCUT2D eigenvalue weighted by molar-refractivity contribution is 7.09. The average molecular weight is 304 g/mol. The fourth-order valence-electron chi connectivity index (χ4n) is 2.53. The summed E-state index contributed by atoms with van der Waals surface area (Å²) in [6.07, 6.45) is 2.93. The van der Waals surface area contributed by atoms with E-state index in [1.807, 2.05) is 34.3 Å². The Morgan fingerprint density at radius 2 is 2.14 bits per heavy atom. The predicted molar refractivity (Wildman–Crippen MR) is 79.5 cm³/mol. The lowest BCUT2D eigenvalue weighted by Crippen LogP contribution is -2.47. The van der Waals surface area contributed by atoms with Crippen molar-refractivity contribution in [2.75, 3.05) is 0 Å². The summed E-state index contributed by atoms with van der Waals surface area (Å²) in [5.74, 6) is -1.22. The second-order valence-electron chi connectivity index (χ2n) is 5.28. The first-order valence-corrected chi connectivity index (χ1v) is 7.72. The molecule has 0 aromatic carbocycles. The largest absolute Gasteiger partial charge is 0.481 e. The number of nitrogens with one attached hydrogen (secondary N) is 1. The van der Waals surface area contributed by atoms with Crippen LogP contribution in [0.2, 0.25) is 0 Å². The number of thiophene rings is 1. The highest BCUT2D eigenvalue weighted by Gasteiger charge is 2.35. The first-order valence-electron chi connectivity index (χ1n) is 6.84. The Bertz CT molecular complexity index is 642. The topological polar surface area (TPSA) is 71.3 Å². The van der Waals surface area contributed by atoms with Crippen molar-refractivity contribution >= 4 is 23.2 Å². The van der Waals surface area contributed by atoms with Crippen LogP contribution in [0.25, 0.3) is 0 Å². The van der Waals surface area contributed by atoms with E-state index in [1.165, 1.54) is 4.88 Å². The normalized spacial score (nSPS) is 20.8. The molecule has 3 rings (SSSR count). The molecule has 110 valence electrons. The number of hydrogen-bond donors (Lipinski definition) is 2. The Kier molecular flexibility index (Phi) is 3.79. The van der Waals surface area contributed by atoms with Gasteiger partial charge in [-0.25, -0.2) is 0 Å². The van der Waals surface area contributed by atoms with Crippen LogP contribution in [0.15, 0.2) is 35.8 Å². The maximum atomic E-state index is 12.3. The van der Waals surface area contributed by atoms with Gasteiger partial charge in [-0.05, 0) is 36.4 Å². The van der Waals surface area contributed by atoms with Crippen molar-refractivity contribution in [2.24, 2.45) is 5.92 Å². The molecule has 2 N–H and O–H groups in total. The number of carbonyl (C=O) groups excluding carboxylic acids is 1. The SMILES string of the molecule is O=C(NC1CC(C(=O)O)C1)c1cccn1Cc1cccs1. The van der Waals surface area contributed by atoms with E-state index in [0.29, 0.717) is 25.1 Å². The fraction of sp³-hybridized carbons (Fsp3) is 0.333. The molecule has 6 heteroatoms. The molecule has 2 heterocycles. The van der Waals surface area contributed by atoms with Crippen molar-refractivity contribution in [3.05, 3.63) is 46.4 Å². The van der Waals surface area contributed by atoms with Gasteiger partial charge in [0.1, 0.15) is 5.69 Å². The lowest BCUT2D eigenvalue weighted by atomic mass is 9.80. The van der Waals surface area contributed by atoms with Crippen molar-refractivity contribution in [2.45, 2.75) is 25.4 Å². The summed E-state index contributed by atoms with van der Waals surface area (Å²) >= 11 is 1.66. The van der Waals surface area contributed by atoms with Gasteiger partial charge in [-0.2, -0.15) is 0 Å². The molecule has 1 aliphatic rings. The highest BCUT2D eigenvalue weighted by atomic mass is 32.1. The second-order valence-corrected chi connectivity index (χ2v) is 6.31. The molecule has 2 aromatic heterocycles. The summed E-state index contributed by atoms with van der Waals surface area (Å²) < 4.78 is 1.91. The van der Waals surface area contributed by atoms with Gasteiger partial charge in [0.15, 0.2) is 0 Å². The standard InChI is InChI=1S/C15H16N2O3S/c18-14(16-11-7-10(8-11)15(19)20)13-4-1-5-17(13)9-12-3-2-6-21-12/h1-6,10-11H,7-9H2,(H,16,18)(H,19,20). The Hall–Kier alpha value is -2.08. The number of carbonyl (C=O) groups is 2. The Morgan fingerprint density at radius 3 is 2.81 bits per heavy atom. The zero-order valence-corrected chi connectivity index (χ0v) is 12.2. The molecule has 0 atom stereocenters. The van der Waals surface area contributed by atoms with E-state index in [9.17, 15) is 9.59 Å². The summed E-state index contributed by atoms with van der Waals surface area (Å²) in [4.78, 5) is 24.2. The number of amides is 1. The molecule has 0 bridgehead atoms. The first kappa shape index (κ1) is 13.9. The van der Waals surface area contributed by atoms with Crippen LogP contribution in [-0.4, -0.2) is 27.6 Å². The quantitative estimate of drug-likeness (QED) is 0.889. The number of aromatic nitrogens is 1. The van der Waals surface area contributed by atoms with Crippen LogP contribution in [0.5, 0.6) is 0 Å². The first-order chi connectivity index (χ1) is 10.1. The summed E-state index contributed by atoms with van der Waals surface area (Å²) in [7, 11) is 0. The van der Waals surface area contributed by atoms with Crippen molar-refractivity contribution in [3.8, 4) is 0 Å². The lowest BCUT2D eigenvalue weighted by molar-refractivity contribution is -0.145. The van der Waals surface area contributed by atoms with Crippen LogP contribution in [0.4, 0.5) is 0 Å². The molecular formula is C15H16N2O3S. The van der Waals surface area contributed by atoms with Crippen LogP contribution in [0.1, 0.15) is 28.2 Å². The predicted octanol–water partition coefficient (Wildman–Crippen LogP) is 2.19. The average Bonchev–Trinajstić information content (AvgIpc) is 3.04. The van der Waals surface area contributed by atoms with Gasteiger partial charge >= 0.3 is 5.97 Å². The third kappa shape index (κ3) is 3.00. The third-order valence-corrected chi connectivity index (χ3v) is 4.65. The van der Waals surface area contributed by atoms with Gasteiger partial charge in [0.05, 0.1) is 12.5 Å². The van der Waals surface area contributed by atoms with E-state index in [4.69, 9.17) is 5.11 Å². The van der Waals surface area contributed by atoms with Gasteiger partial charge in [-0.1, -0.05) is 6.07 Å². The van der Waals surface area contributed by atoms with Crippen LogP contribution < -0.4 is 5.32 Å². The summed E-state index contributed by atoms with van der Waals surface area (Å²) in [5.41, 5.74) is 0.613. The van der Waals surface area contributed by atoms with Crippen molar-refractivity contribution in [1.29, 1.82) is 0 Å². The summed E-state index contributed by atoms with van der Waals surface area (Å²) in [6, 6.07) is 7.64. The number of nitrogens with zero attached hydrogens (tertiary/aromatic N) is 1. The zero-order chi connectivity index (χ0) is 14.8. The van der Waals surface area contributed by atoms with Gasteiger partial charge in [-0.15, -0.1) is 11.3 Å². The van der Waals surface area contributed by atoms with E-state index in [2.05, 4.69) is 5.32 Å². The smallest absolute Gasteiger partial charge is 0.306 e. The second kappa shape index (κ2) is 5.73. The number of aliphatic carboxylic acids is 1. The molecule has 0 spiro atoms. The Labute approximate surface area is 126 Å². The molecule has 0 aliphatic heterocycles. The maximum absolute atomic E-state index is 12.3. The maximum Gasteiger partial charge on any atom is 0.306 e. The van der Waals surface area contributed by atoms with Crippen molar-refractivity contribution < 1.29 is 14.7 Å². The minimum atomic E-state index is -0.776. The van der Waals surface area contributed by atoms with Gasteiger partial charge in [0.25, 0.3) is 5.91 Å². The number of carboxylic acid groups (broad SMARTS) is 1. The van der Waals surface area contributed by atoms with E-state index in [0.717, 1.165) is 0 Å². The highest BCUT2D eigenvalue weighted by Crippen LogP contribution is 2.27. The minimum Gasteiger partial charge on any atom is -0.481 e. The van der Waals surface area contributed by atoms with Crippen LogP contribution in [0.3, 0.4) is 0 Å². The lowest BCUT2D eigenvalue weighted by Gasteiger charge is -2.32. The zero-order valence-electron chi connectivity index (χ0n) is 11.4. The molecule has 1 fully saturated rings. The summed E-state index contributed by atoms with van der Waals surface area (Å²) in [5, 5.41) is 13.8. The monoisotopic (exact) mass is 304 g/mol. The molecule has 0 saturated heterocycles. The molecular weight excluding hydrogens is 288 g/mol. The summed E-state index contributed by atoms with van der Waals surface area (Å²) in [6.45, 7) is 0.676. The molecule has 0 radical (unpaired) electrons. The molecule has 1 aliphatic carbocycles. The van der Waals surface area contributed by atoms with Crippen molar-refractivity contribution in [3.63, 3.8) is 0 Å². The van der Waals surface area contributed by atoms with E-state index in [1.54, 1.807) is 17.4 Å². The molecule has 21 heavy (non-hydrogen) atoms. The van der Waals surface area contributed by atoms with Crippen LogP contribution in [-0.2, 0) is 11.3 Å². The van der Waals surface area contributed by atoms with Gasteiger partial charge in [0.2, 0.25) is 0 Å². The van der Waals surface area contributed by atoms with E-state index in [-0.39, 0.29) is 17.9 Å². The van der Waals surface area contributed by atoms with E-state index < -0.39 is 5.97 Å². The van der Waals surface area contributed by atoms with Crippen LogP contribution >= 0.6 is 11.3 Å². The van der Waals surface area contributed by atoms with Gasteiger partial charge < -0.3 is 15.0 Å². The molecule has 2 aromatic rings. The third-order valence-electron chi connectivity index (χ3n) is 3.79. The van der Waals surface area contributed by atoms with Crippen LogP contribution in [0, 0.1) is 5.92 Å². The molecule has 0 unspecified atom stereocenters.